The zero-order chi connectivity index (χ0) is 9.26. The molecule has 1 aromatic carbocycles. The van der Waals surface area contributed by atoms with E-state index in [2.05, 4.69) is 23.4 Å². The highest BCUT2D eigenvalue weighted by atomic mass is 35.5. The van der Waals surface area contributed by atoms with Gasteiger partial charge in [0.05, 0.1) is 10.5 Å². The molecular weight excluding hydrogens is 202 g/mol. The average molecular weight is 212 g/mol. The van der Waals surface area contributed by atoms with Crippen LogP contribution < -0.4 is 0 Å². The molecule has 0 amide bonds. The molecule has 13 heavy (non-hydrogen) atoms. The highest BCUT2D eigenvalue weighted by molar-refractivity contribution is 7.97. The number of hydrogen-bond acceptors (Lipinski definition) is 1. The Labute approximate surface area is 86.5 Å². The molecule has 0 aliphatic heterocycles. The van der Waals surface area contributed by atoms with Gasteiger partial charge >= 0.3 is 0 Å². The predicted molar refractivity (Wildman–Crippen MR) is 60.5 cm³/mol. The first-order chi connectivity index (χ1) is 6.31. The van der Waals surface area contributed by atoms with Crippen LogP contribution in [0.4, 0.5) is 0 Å². The Balaban J connectivity index is 2.55. The number of para-hydroxylation sites is 1. The molecule has 1 nitrogen and oxygen atoms in total. The number of fused-ring (bicyclic) bond motifs is 1. The second kappa shape index (κ2) is 3.64. The van der Waals surface area contributed by atoms with Crippen molar-refractivity contribution in [1.29, 1.82) is 0 Å². The van der Waals surface area contributed by atoms with Gasteiger partial charge in [-0.2, -0.15) is 11.8 Å². The lowest BCUT2D eigenvalue weighted by Gasteiger charge is -1.92. The molecule has 0 fully saturated rings. The highest BCUT2D eigenvalue weighted by Gasteiger charge is 2.02. The van der Waals surface area contributed by atoms with Gasteiger partial charge in [0.2, 0.25) is 0 Å². The van der Waals surface area contributed by atoms with E-state index >= 15 is 0 Å². The number of rotatable bonds is 2. The first-order valence-electron chi connectivity index (χ1n) is 4.06. The number of halogens is 1. The first-order valence-corrected chi connectivity index (χ1v) is 5.83. The molecule has 0 spiro atoms. The van der Waals surface area contributed by atoms with Crippen LogP contribution in [0.3, 0.4) is 0 Å². The highest BCUT2D eigenvalue weighted by Crippen LogP contribution is 2.24. The molecule has 0 bridgehead atoms. The van der Waals surface area contributed by atoms with Gasteiger partial charge in [0.1, 0.15) is 0 Å². The summed E-state index contributed by atoms with van der Waals surface area (Å²) in [5.41, 5.74) is 2.28. The Hall–Kier alpha value is -0.600. The lowest BCUT2D eigenvalue weighted by Crippen LogP contribution is -1.76. The molecule has 0 saturated carbocycles. The fraction of sp³-hybridized carbons (Fsp3) is 0.200. The molecule has 0 radical (unpaired) electrons. The summed E-state index contributed by atoms with van der Waals surface area (Å²) in [6.45, 7) is 0. The maximum absolute atomic E-state index is 6.03. The van der Waals surface area contributed by atoms with E-state index in [1.165, 1.54) is 11.1 Å². The minimum absolute atomic E-state index is 0.796. The van der Waals surface area contributed by atoms with Gasteiger partial charge in [-0.1, -0.05) is 23.7 Å². The molecular formula is C10H10ClNS. The Morgan fingerprint density at radius 1 is 1.46 bits per heavy atom. The van der Waals surface area contributed by atoms with Crippen LogP contribution in [0.1, 0.15) is 5.69 Å². The van der Waals surface area contributed by atoms with Crippen LogP contribution in [-0.4, -0.2) is 11.2 Å². The van der Waals surface area contributed by atoms with E-state index in [1.54, 1.807) is 11.8 Å². The van der Waals surface area contributed by atoms with E-state index in [0.29, 0.717) is 0 Å². The van der Waals surface area contributed by atoms with Crippen LogP contribution in [0.2, 0.25) is 5.02 Å². The third-order valence-electron chi connectivity index (χ3n) is 1.96. The molecule has 2 rings (SSSR count). The summed E-state index contributed by atoms with van der Waals surface area (Å²) in [4.78, 5) is 3.31. The van der Waals surface area contributed by atoms with Crippen molar-refractivity contribution in [2.45, 2.75) is 5.75 Å². The molecule has 2 aromatic rings. The van der Waals surface area contributed by atoms with Crippen LogP contribution in [0.25, 0.3) is 10.9 Å². The van der Waals surface area contributed by atoms with E-state index in [0.717, 1.165) is 16.3 Å². The number of aromatic amines is 1. The number of H-pyrrole nitrogens is 1. The summed E-state index contributed by atoms with van der Waals surface area (Å²) in [5.74, 6) is 1.00. The van der Waals surface area contributed by atoms with E-state index in [1.807, 2.05) is 12.1 Å². The first kappa shape index (κ1) is 8.97. The van der Waals surface area contributed by atoms with Crippen molar-refractivity contribution >= 4 is 34.3 Å². The summed E-state index contributed by atoms with van der Waals surface area (Å²) >= 11 is 7.83. The van der Waals surface area contributed by atoms with E-state index in [-0.39, 0.29) is 0 Å². The van der Waals surface area contributed by atoms with Crippen molar-refractivity contribution in [3.8, 4) is 0 Å². The molecule has 0 aliphatic rings. The maximum Gasteiger partial charge on any atom is 0.0647 e. The minimum atomic E-state index is 0.796. The smallest absolute Gasteiger partial charge is 0.0647 e. The number of aromatic nitrogens is 1. The topological polar surface area (TPSA) is 15.8 Å². The monoisotopic (exact) mass is 211 g/mol. The van der Waals surface area contributed by atoms with Gasteiger partial charge in [-0.05, 0) is 18.4 Å². The standard InChI is InChI=1S/C10H10ClNS/c1-13-6-8-5-7-3-2-4-9(11)10(7)12-8/h2-5,12H,6H2,1H3. The largest absolute Gasteiger partial charge is 0.356 e. The number of thioether (sulfide) groups is 1. The second-order valence-corrected chi connectivity index (χ2v) is 4.20. The third kappa shape index (κ3) is 1.69. The van der Waals surface area contributed by atoms with Crippen LogP contribution >= 0.6 is 23.4 Å². The Bertz CT molecular complexity index is 422. The fourth-order valence-electron chi connectivity index (χ4n) is 1.41. The number of benzene rings is 1. The van der Waals surface area contributed by atoms with E-state index in [4.69, 9.17) is 11.6 Å². The van der Waals surface area contributed by atoms with Gasteiger partial charge in [-0.15, -0.1) is 0 Å². The minimum Gasteiger partial charge on any atom is -0.356 e. The SMILES string of the molecule is CSCc1cc2cccc(Cl)c2[nH]1. The van der Waals surface area contributed by atoms with Gasteiger partial charge in [0, 0.05) is 16.8 Å². The molecule has 0 unspecified atom stereocenters. The molecule has 1 heterocycles. The molecule has 0 atom stereocenters. The average Bonchev–Trinajstić information content (AvgIpc) is 2.49. The Morgan fingerprint density at radius 2 is 2.31 bits per heavy atom. The lowest BCUT2D eigenvalue weighted by molar-refractivity contribution is 1.27. The zero-order valence-electron chi connectivity index (χ0n) is 7.30. The third-order valence-corrected chi connectivity index (χ3v) is 2.88. The van der Waals surface area contributed by atoms with Crippen LogP contribution in [-0.2, 0) is 5.75 Å². The quantitative estimate of drug-likeness (QED) is 0.801. The van der Waals surface area contributed by atoms with Crippen molar-refractivity contribution in [2.24, 2.45) is 0 Å². The molecule has 1 aromatic heterocycles. The van der Waals surface area contributed by atoms with E-state index < -0.39 is 0 Å². The van der Waals surface area contributed by atoms with Gasteiger partial charge in [-0.25, -0.2) is 0 Å². The van der Waals surface area contributed by atoms with Crippen molar-refractivity contribution < 1.29 is 0 Å². The van der Waals surface area contributed by atoms with E-state index in [9.17, 15) is 0 Å². The van der Waals surface area contributed by atoms with Crippen molar-refractivity contribution in [2.75, 3.05) is 6.26 Å². The normalized spacial score (nSPS) is 10.9. The Kier molecular flexibility index (Phi) is 2.51. The van der Waals surface area contributed by atoms with Gasteiger partial charge in [-0.3, -0.25) is 0 Å². The number of nitrogens with one attached hydrogen (secondary N) is 1. The van der Waals surface area contributed by atoms with Gasteiger partial charge in [0.25, 0.3) is 0 Å². The maximum atomic E-state index is 6.03. The van der Waals surface area contributed by atoms with Crippen molar-refractivity contribution in [3.63, 3.8) is 0 Å². The van der Waals surface area contributed by atoms with Gasteiger partial charge < -0.3 is 4.98 Å². The van der Waals surface area contributed by atoms with Crippen LogP contribution in [0.5, 0.6) is 0 Å². The molecule has 1 N–H and O–H groups in total. The zero-order valence-corrected chi connectivity index (χ0v) is 8.88. The fourth-order valence-corrected chi connectivity index (χ4v) is 2.11. The molecule has 68 valence electrons. The predicted octanol–water partition coefficient (Wildman–Crippen LogP) is 3.68. The van der Waals surface area contributed by atoms with Crippen molar-refractivity contribution in [3.05, 3.63) is 35.0 Å². The summed E-state index contributed by atoms with van der Waals surface area (Å²) in [5, 5.41) is 1.99. The summed E-state index contributed by atoms with van der Waals surface area (Å²) in [7, 11) is 0. The molecule has 0 aliphatic carbocycles. The van der Waals surface area contributed by atoms with Crippen molar-refractivity contribution in [1.82, 2.24) is 4.98 Å². The molecule has 3 heteroatoms. The number of hydrogen-bond donors (Lipinski definition) is 1. The summed E-state index contributed by atoms with van der Waals surface area (Å²) in [6, 6.07) is 8.10. The van der Waals surface area contributed by atoms with Gasteiger partial charge in [0.15, 0.2) is 0 Å². The van der Waals surface area contributed by atoms with Crippen LogP contribution in [0.15, 0.2) is 24.3 Å². The summed E-state index contributed by atoms with van der Waals surface area (Å²) in [6.07, 6.45) is 2.09. The molecule has 0 saturated heterocycles. The Morgan fingerprint density at radius 3 is 3.00 bits per heavy atom. The second-order valence-electron chi connectivity index (χ2n) is 2.93. The lowest BCUT2D eigenvalue weighted by atomic mass is 10.2. The van der Waals surface area contributed by atoms with Crippen LogP contribution in [0, 0.1) is 0 Å². The summed E-state index contributed by atoms with van der Waals surface area (Å²) < 4.78 is 0.